The van der Waals surface area contributed by atoms with E-state index in [2.05, 4.69) is 13.2 Å². The van der Waals surface area contributed by atoms with Gasteiger partial charge in [0.05, 0.1) is 6.61 Å². The summed E-state index contributed by atoms with van der Waals surface area (Å²) in [6.45, 7) is 9.43. The maximum absolute atomic E-state index is 11.5. The molecule has 3 rings (SSSR count). The van der Waals surface area contributed by atoms with Gasteiger partial charge in [-0.05, 0) is 74.5 Å². The second-order valence-electron chi connectivity index (χ2n) is 7.73. The Morgan fingerprint density at radius 2 is 1.75 bits per heavy atom. The summed E-state index contributed by atoms with van der Waals surface area (Å²) < 4.78 is 10.6. The van der Waals surface area contributed by atoms with Crippen molar-refractivity contribution >= 4 is 11.9 Å². The lowest BCUT2D eigenvalue weighted by atomic mass is 9.74. The first kappa shape index (κ1) is 17.2. The molecule has 0 aliphatic heterocycles. The Balaban J connectivity index is 1.51. The third kappa shape index (κ3) is 3.28. The minimum Gasteiger partial charge on any atom is -0.463 e. The number of hydrogen-bond donors (Lipinski definition) is 0. The minimum absolute atomic E-state index is 0.0148. The van der Waals surface area contributed by atoms with Crippen molar-refractivity contribution in [2.45, 2.75) is 45.1 Å². The molecule has 0 aromatic carbocycles. The van der Waals surface area contributed by atoms with Gasteiger partial charge in [0.1, 0.15) is 6.10 Å². The van der Waals surface area contributed by atoms with Gasteiger partial charge in [-0.2, -0.15) is 0 Å². The highest BCUT2D eigenvalue weighted by Crippen LogP contribution is 2.63. The van der Waals surface area contributed by atoms with Gasteiger partial charge >= 0.3 is 11.9 Å². The minimum atomic E-state index is -0.328. The van der Waals surface area contributed by atoms with E-state index in [4.69, 9.17) is 9.47 Å². The van der Waals surface area contributed by atoms with Crippen LogP contribution < -0.4 is 0 Å². The fraction of sp³-hybridized carbons (Fsp3) is 0.700. The molecule has 7 atom stereocenters. The van der Waals surface area contributed by atoms with Crippen LogP contribution in [0.5, 0.6) is 0 Å². The van der Waals surface area contributed by atoms with Crippen LogP contribution in [0.25, 0.3) is 0 Å². The Labute approximate surface area is 144 Å². The third-order valence-corrected chi connectivity index (χ3v) is 6.62. The molecule has 4 nitrogen and oxygen atoms in total. The van der Waals surface area contributed by atoms with Gasteiger partial charge < -0.3 is 9.47 Å². The fourth-order valence-electron chi connectivity index (χ4n) is 5.72. The first-order chi connectivity index (χ1) is 11.5. The average molecular weight is 332 g/mol. The molecular formula is C20H28O4. The Kier molecular flexibility index (Phi) is 5.12. The molecule has 0 saturated heterocycles. The number of ether oxygens (including phenoxy) is 2. The number of carbonyl (C=O) groups excluding carboxylic acids is 2. The maximum atomic E-state index is 11.5. The zero-order chi connectivity index (χ0) is 17.3. The Hall–Kier alpha value is -1.58. The molecule has 0 spiro atoms. The standard InChI is InChI=1S/C20H28O4/c1-4-19(21)23-7-6-13-8-16-14-10-15(12(3)24-20(22)5-2)18(11-14)17(16)9-13/h4-5,12-18H,1-2,6-11H2,3H3. The van der Waals surface area contributed by atoms with Crippen molar-refractivity contribution in [1.82, 2.24) is 0 Å². The summed E-state index contributed by atoms with van der Waals surface area (Å²) >= 11 is 0. The molecule has 7 unspecified atom stereocenters. The summed E-state index contributed by atoms with van der Waals surface area (Å²) in [7, 11) is 0. The molecular weight excluding hydrogens is 304 g/mol. The highest BCUT2D eigenvalue weighted by molar-refractivity contribution is 5.81. The van der Waals surface area contributed by atoms with Crippen molar-refractivity contribution in [3.05, 3.63) is 25.3 Å². The topological polar surface area (TPSA) is 52.6 Å². The molecule has 0 heterocycles. The van der Waals surface area contributed by atoms with E-state index in [-0.39, 0.29) is 18.0 Å². The monoisotopic (exact) mass is 332 g/mol. The van der Waals surface area contributed by atoms with Crippen LogP contribution in [0.1, 0.15) is 39.0 Å². The summed E-state index contributed by atoms with van der Waals surface area (Å²) in [6, 6.07) is 0. The number of esters is 2. The van der Waals surface area contributed by atoms with Crippen LogP contribution in [0.15, 0.2) is 25.3 Å². The van der Waals surface area contributed by atoms with Crippen molar-refractivity contribution in [1.29, 1.82) is 0 Å². The number of rotatable bonds is 7. The first-order valence-electron chi connectivity index (χ1n) is 9.15. The van der Waals surface area contributed by atoms with Crippen LogP contribution in [0, 0.1) is 35.5 Å². The van der Waals surface area contributed by atoms with Gasteiger partial charge in [-0.3, -0.25) is 0 Å². The van der Waals surface area contributed by atoms with E-state index in [1.165, 1.54) is 37.8 Å². The molecule has 24 heavy (non-hydrogen) atoms. The van der Waals surface area contributed by atoms with Gasteiger partial charge in [-0.1, -0.05) is 13.2 Å². The largest absolute Gasteiger partial charge is 0.463 e. The molecule has 0 aromatic heterocycles. The third-order valence-electron chi connectivity index (χ3n) is 6.62. The molecule has 0 radical (unpaired) electrons. The van der Waals surface area contributed by atoms with Crippen molar-refractivity contribution in [3.63, 3.8) is 0 Å². The maximum Gasteiger partial charge on any atom is 0.330 e. The SMILES string of the molecule is C=CC(=O)OCCC1CC2C3CC(C(C)OC(=O)C=C)C(C3)C2C1. The van der Waals surface area contributed by atoms with E-state index in [0.717, 1.165) is 24.2 Å². The molecule has 132 valence electrons. The van der Waals surface area contributed by atoms with Crippen molar-refractivity contribution in [3.8, 4) is 0 Å². The van der Waals surface area contributed by atoms with E-state index < -0.39 is 0 Å². The van der Waals surface area contributed by atoms with Crippen LogP contribution in [-0.4, -0.2) is 24.6 Å². The van der Waals surface area contributed by atoms with Crippen molar-refractivity contribution < 1.29 is 19.1 Å². The van der Waals surface area contributed by atoms with E-state index >= 15 is 0 Å². The van der Waals surface area contributed by atoms with E-state index in [9.17, 15) is 9.59 Å². The van der Waals surface area contributed by atoms with Gasteiger partial charge in [-0.15, -0.1) is 0 Å². The number of hydrogen-bond acceptors (Lipinski definition) is 4. The van der Waals surface area contributed by atoms with E-state index in [1.54, 1.807) is 0 Å². The lowest BCUT2D eigenvalue weighted by Crippen LogP contribution is -2.33. The molecule has 3 aliphatic rings. The number of fused-ring (bicyclic) bond motifs is 5. The molecule has 0 amide bonds. The summed E-state index contributed by atoms with van der Waals surface area (Å²) in [5.74, 6) is 3.59. The van der Waals surface area contributed by atoms with Gasteiger partial charge in [0.15, 0.2) is 0 Å². The highest BCUT2D eigenvalue weighted by Gasteiger charge is 2.57. The predicted octanol–water partition coefficient (Wildman–Crippen LogP) is 3.52. The first-order valence-corrected chi connectivity index (χ1v) is 9.15. The van der Waals surface area contributed by atoms with Crippen LogP contribution >= 0.6 is 0 Å². The molecule has 3 saturated carbocycles. The van der Waals surface area contributed by atoms with Gasteiger partial charge in [0.25, 0.3) is 0 Å². The van der Waals surface area contributed by atoms with Crippen LogP contribution in [0.2, 0.25) is 0 Å². The van der Waals surface area contributed by atoms with Gasteiger partial charge in [-0.25, -0.2) is 9.59 Å². The van der Waals surface area contributed by atoms with Crippen molar-refractivity contribution in [2.75, 3.05) is 6.61 Å². The van der Waals surface area contributed by atoms with Crippen LogP contribution in [-0.2, 0) is 19.1 Å². The molecule has 4 heteroatoms. The summed E-state index contributed by atoms with van der Waals surface area (Å²) in [4.78, 5) is 22.6. The second-order valence-corrected chi connectivity index (χ2v) is 7.73. The summed E-state index contributed by atoms with van der Waals surface area (Å²) in [6.07, 6.45) is 8.41. The second kappa shape index (κ2) is 7.12. The number of carbonyl (C=O) groups is 2. The lowest BCUT2D eigenvalue weighted by Gasteiger charge is -2.34. The Morgan fingerprint density at radius 3 is 2.46 bits per heavy atom. The zero-order valence-electron chi connectivity index (χ0n) is 14.5. The van der Waals surface area contributed by atoms with Crippen molar-refractivity contribution in [2.24, 2.45) is 35.5 Å². The molecule has 3 aliphatic carbocycles. The lowest BCUT2D eigenvalue weighted by molar-refractivity contribution is -0.146. The van der Waals surface area contributed by atoms with Gasteiger partial charge in [0, 0.05) is 12.2 Å². The average Bonchev–Trinajstić information content (AvgIpc) is 3.25. The molecule has 3 fully saturated rings. The quantitative estimate of drug-likeness (QED) is 0.529. The Morgan fingerprint density at radius 1 is 1.04 bits per heavy atom. The van der Waals surface area contributed by atoms with E-state index in [0.29, 0.717) is 24.4 Å². The van der Waals surface area contributed by atoms with Crippen LogP contribution in [0.3, 0.4) is 0 Å². The smallest absolute Gasteiger partial charge is 0.330 e. The summed E-state index contributed by atoms with van der Waals surface area (Å²) in [5.41, 5.74) is 0. The highest BCUT2D eigenvalue weighted by atomic mass is 16.5. The molecule has 0 N–H and O–H groups in total. The molecule has 2 bridgehead atoms. The summed E-state index contributed by atoms with van der Waals surface area (Å²) in [5, 5.41) is 0. The fourth-order valence-corrected chi connectivity index (χ4v) is 5.72. The Bertz CT molecular complexity index is 526. The molecule has 0 aromatic rings. The normalized spacial score (nSPS) is 37.5. The predicted molar refractivity (Wildman–Crippen MR) is 90.9 cm³/mol. The zero-order valence-corrected chi connectivity index (χ0v) is 14.5. The van der Waals surface area contributed by atoms with Crippen LogP contribution in [0.4, 0.5) is 0 Å². The van der Waals surface area contributed by atoms with E-state index in [1.807, 2.05) is 6.92 Å². The van der Waals surface area contributed by atoms with Gasteiger partial charge in [0.2, 0.25) is 0 Å².